The second-order valence-corrected chi connectivity index (χ2v) is 8.10. The smallest absolute Gasteiger partial charge is 0.344 e. The third-order valence-electron chi connectivity index (χ3n) is 4.57. The normalized spacial score (nSPS) is 26.2. The number of carbonyl (C=O) groups excluding carboxylic acids is 1. The summed E-state index contributed by atoms with van der Waals surface area (Å²) in [5.41, 5.74) is 0.241. The Bertz CT molecular complexity index is 710. The van der Waals surface area contributed by atoms with Gasteiger partial charge >= 0.3 is 5.97 Å². The molecule has 11 heteroatoms. The molecule has 10 nitrogen and oxygen atoms in total. The Balaban J connectivity index is 1.94. The van der Waals surface area contributed by atoms with Crippen LogP contribution in [0.2, 0.25) is 0 Å². The minimum atomic E-state index is -4.99. The van der Waals surface area contributed by atoms with E-state index in [2.05, 4.69) is 11.4 Å². The number of esters is 1. The van der Waals surface area contributed by atoms with Crippen LogP contribution in [0.1, 0.15) is 55.6 Å². The molecule has 164 valence electrons. The van der Waals surface area contributed by atoms with E-state index in [1.165, 1.54) is 17.0 Å². The lowest BCUT2D eigenvalue weighted by molar-refractivity contribution is -0.765. The van der Waals surface area contributed by atoms with Crippen molar-refractivity contribution in [3.05, 3.63) is 30.1 Å². The van der Waals surface area contributed by atoms with Crippen LogP contribution >= 0.6 is 7.82 Å². The molecule has 0 bridgehead atoms. The monoisotopic (exact) mass is 433 g/mol. The highest BCUT2D eigenvalue weighted by Gasteiger charge is 2.48. The second-order valence-electron chi connectivity index (χ2n) is 6.90. The van der Waals surface area contributed by atoms with E-state index in [4.69, 9.17) is 14.4 Å². The summed E-state index contributed by atoms with van der Waals surface area (Å²) in [4.78, 5) is 31.6. The molecule has 0 aliphatic carbocycles. The van der Waals surface area contributed by atoms with E-state index in [1.54, 1.807) is 12.1 Å². The van der Waals surface area contributed by atoms with Crippen LogP contribution in [0.5, 0.6) is 0 Å². The third-order valence-corrected chi connectivity index (χ3v) is 5.05. The van der Waals surface area contributed by atoms with Gasteiger partial charge in [-0.25, -0.2) is 4.79 Å². The average molecular weight is 433 g/mol. The fraction of sp³-hybridized carbons (Fsp3) is 0.667. The zero-order chi connectivity index (χ0) is 21.4. The molecular formula is C18H28NO9P. The molecule has 0 spiro atoms. The summed E-state index contributed by atoms with van der Waals surface area (Å²) in [6, 6.07) is 3.11. The van der Waals surface area contributed by atoms with Gasteiger partial charge in [-0.05, 0) is 12.5 Å². The van der Waals surface area contributed by atoms with E-state index in [0.717, 1.165) is 32.1 Å². The highest BCUT2D eigenvalue weighted by Crippen LogP contribution is 2.33. The van der Waals surface area contributed by atoms with Crippen LogP contribution in [-0.2, 0) is 18.6 Å². The number of carbonyl (C=O) groups is 1. The van der Waals surface area contributed by atoms with E-state index in [-0.39, 0.29) is 5.56 Å². The molecule has 1 aliphatic rings. The van der Waals surface area contributed by atoms with E-state index >= 15 is 0 Å². The van der Waals surface area contributed by atoms with Gasteiger partial charge in [0, 0.05) is 6.07 Å². The average Bonchev–Trinajstić information content (AvgIpc) is 2.97. The van der Waals surface area contributed by atoms with Gasteiger partial charge in [0.15, 0.2) is 18.5 Å². The summed E-state index contributed by atoms with van der Waals surface area (Å²) in [6.45, 7) is 1.78. The van der Waals surface area contributed by atoms with Crippen LogP contribution < -0.4 is 9.46 Å². The molecule has 1 fully saturated rings. The molecule has 2 rings (SSSR count). The number of hydrogen-bond donors (Lipinski definition) is 3. The number of pyridine rings is 1. The van der Waals surface area contributed by atoms with Crippen molar-refractivity contribution in [2.75, 3.05) is 13.2 Å². The largest absolute Gasteiger partial charge is 0.756 e. The number of aliphatic hydroxyl groups is 2. The fourth-order valence-electron chi connectivity index (χ4n) is 3.01. The van der Waals surface area contributed by atoms with Gasteiger partial charge in [-0.2, -0.15) is 4.57 Å². The van der Waals surface area contributed by atoms with Gasteiger partial charge in [-0.1, -0.05) is 32.6 Å². The fourth-order valence-corrected chi connectivity index (χ4v) is 3.34. The molecule has 2 heterocycles. The molecular weight excluding hydrogens is 405 g/mol. The predicted octanol–water partition coefficient (Wildman–Crippen LogP) is 0.198. The standard InChI is InChI=1S/C18H28NO9P/c1-2-3-4-5-6-10-26-18(22)13-8-7-9-19(11-13)17-16(21)15(20)14(28-17)12-27-29(23,24)25/h7-9,11,14-17,20-21H,2-6,10,12H2,1H3,(H-,23,24,25)/t14-,15+,16+,17-/m1/s1. The maximum Gasteiger partial charge on any atom is 0.344 e. The zero-order valence-corrected chi connectivity index (χ0v) is 17.1. The highest BCUT2D eigenvalue weighted by atomic mass is 31.2. The lowest BCUT2D eigenvalue weighted by Crippen LogP contribution is -2.46. The number of unbranched alkanes of at least 4 members (excludes halogenated alkanes) is 4. The number of rotatable bonds is 11. The number of phosphoric ester groups is 1. The van der Waals surface area contributed by atoms with Gasteiger partial charge in [0.05, 0.1) is 13.2 Å². The minimum Gasteiger partial charge on any atom is -0.756 e. The molecule has 29 heavy (non-hydrogen) atoms. The molecule has 5 atom stereocenters. The van der Waals surface area contributed by atoms with Crippen molar-refractivity contribution < 1.29 is 47.9 Å². The minimum absolute atomic E-state index is 0.241. The van der Waals surface area contributed by atoms with E-state index in [1.807, 2.05) is 0 Å². The molecule has 1 aliphatic heterocycles. The lowest BCUT2D eigenvalue weighted by atomic mass is 10.1. The SMILES string of the molecule is CCCCCCCOC(=O)c1ccc[n+]([C@@H]2O[C@H](COP(=O)([O-])O)[C@H](O)[C@@H]2O)c1. The molecule has 1 aromatic heterocycles. The maximum atomic E-state index is 12.2. The first kappa shape index (κ1) is 23.9. The molecule has 1 saturated heterocycles. The lowest BCUT2D eigenvalue weighted by Gasteiger charge is -2.19. The summed E-state index contributed by atoms with van der Waals surface area (Å²) in [6.07, 6.45) is 2.98. The molecule has 3 N–H and O–H groups in total. The number of aliphatic hydroxyl groups excluding tert-OH is 2. The Morgan fingerprint density at radius 3 is 2.69 bits per heavy atom. The number of phosphoric acid groups is 1. The number of hydrogen-bond acceptors (Lipinski definition) is 8. The topological polar surface area (TPSA) is 149 Å². The van der Waals surface area contributed by atoms with Crippen LogP contribution in [0, 0.1) is 0 Å². The molecule has 0 aromatic carbocycles. The first-order chi connectivity index (χ1) is 13.7. The van der Waals surface area contributed by atoms with Gasteiger partial charge in [-0.15, -0.1) is 0 Å². The van der Waals surface area contributed by atoms with Crippen LogP contribution in [0.3, 0.4) is 0 Å². The van der Waals surface area contributed by atoms with Crippen LogP contribution in [-0.4, -0.2) is 52.6 Å². The van der Waals surface area contributed by atoms with E-state index in [0.29, 0.717) is 6.61 Å². The van der Waals surface area contributed by atoms with Crippen molar-refractivity contribution >= 4 is 13.8 Å². The highest BCUT2D eigenvalue weighted by molar-refractivity contribution is 7.44. The van der Waals surface area contributed by atoms with Crippen LogP contribution in [0.15, 0.2) is 24.5 Å². The molecule has 0 radical (unpaired) electrons. The van der Waals surface area contributed by atoms with Gasteiger partial charge < -0.3 is 34.0 Å². The summed E-state index contributed by atoms with van der Waals surface area (Å²) in [5, 5.41) is 20.2. The maximum absolute atomic E-state index is 12.2. The van der Waals surface area contributed by atoms with Gasteiger partial charge in [-0.3, -0.25) is 4.57 Å². The summed E-state index contributed by atoms with van der Waals surface area (Å²) < 4.78 is 27.0. The first-order valence-corrected chi connectivity index (χ1v) is 11.1. The Morgan fingerprint density at radius 2 is 2.00 bits per heavy atom. The summed E-state index contributed by atoms with van der Waals surface area (Å²) in [5.74, 6) is -0.518. The van der Waals surface area contributed by atoms with E-state index in [9.17, 15) is 24.5 Å². The Hall–Kier alpha value is -1.39. The van der Waals surface area contributed by atoms with Crippen molar-refractivity contribution in [1.29, 1.82) is 0 Å². The number of nitrogens with zero attached hydrogens (tertiary/aromatic N) is 1. The van der Waals surface area contributed by atoms with Crippen LogP contribution in [0.4, 0.5) is 0 Å². The number of ether oxygens (including phenoxy) is 2. The Morgan fingerprint density at radius 1 is 1.28 bits per heavy atom. The van der Waals surface area contributed by atoms with Gasteiger partial charge in [0.2, 0.25) is 0 Å². The first-order valence-electron chi connectivity index (χ1n) is 9.61. The number of aromatic nitrogens is 1. The summed E-state index contributed by atoms with van der Waals surface area (Å²) >= 11 is 0. The van der Waals surface area contributed by atoms with Crippen LogP contribution in [0.25, 0.3) is 0 Å². The Labute approximate surface area is 169 Å². The van der Waals surface area contributed by atoms with Crippen molar-refractivity contribution in [3.63, 3.8) is 0 Å². The van der Waals surface area contributed by atoms with Crippen molar-refractivity contribution in [2.45, 2.75) is 63.6 Å². The molecule has 1 unspecified atom stereocenters. The molecule has 1 aromatic rings. The molecule has 0 amide bonds. The van der Waals surface area contributed by atoms with Crippen molar-refractivity contribution in [1.82, 2.24) is 0 Å². The second kappa shape index (κ2) is 11.1. The van der Waals surface area contributed by atoms with Crippen molar-refractivity contribution in [3.8, 4) is 0 Å². The van der Waals surface area contributed by atoms with Crippen molar-refractivity contribution in [2.24, 2.45) is 0 Å². The third kappa shape index (κ3) is 7.42. The van der Waals surface area contributed by atoms with Gasteiger partial charge in [0.1, 0.15) is 17.8 Å². The summed E-state index contributed by atoms with van der Waals surface area (Å²) in [7, 11) is -4.99. The van der Waals surface area contributed by atoms with Gasteiger partial charge in [0.25, 0.3) is 14.1 Å². The van der Waals surface area contributed by atoms with E-state index < -0.39 is 44.9 Å². The quantitative estimate of drug-likeness (QED) is 0.192. The zero-order valence-electron chi connectivity index (χ0n) is 16.3. The predicted molar refractivity (Wildman–Crippen MR) is 97.4 cm³/mol. The molecule has 0 saturated carbocycles. The Kier molecular flexibility index (Phi) is 9.16.